The van der Waals surface area contributed by atoms with Gasteiger partial charge in [0.15, 0.2) is 0 Å². The van der Waals surface area contributed by atoms with Crippen LogP contribution in [0, 0.1) is 0 Å². The van der Waals surface area contributed by atoms with Crippen LogP contribution in [0.3, 0.4) is 0 Å². The topological polar surface area (TPSA) is 76.8 Å². The van der Waals surface area contributed by atoms with Gasteiger partial charge < -0.3 is 26.6 Å². The molecule has 236 valence electrons. The molecule has 0 saturated carbocycles. The Labute approximate surface area is 257 Å². The van der Waals surface area contributed by atoms with Gasteiger partial charge in [-0.3, -0.25) is 4.79 Å². The second-order valence-electron chi connectivity index (χ2n) is 11.5. The van der Waals surface area contributed by atoms with Crippen molar-refractivity contribution in [2.45, 2.75) is 148 Å². The standard InChI is InChI=1S/C29H58O7S2Si2/c1-5-6-7-8-9-10-11-12-15-29(30)38-23-14-25-39(31-19-16-26(2)34-39)32-20-17-27(3)35-40(24-13-22-37)33-21-18-28(4)36-40/h26-28,37H,5-25H2,1-4H3/p+1. The number of hydrogen-bond acceptors (Lipinski definition) is 8. The van der Waals surface area contributed by atoms with Gasteiger partial charge in [-0.2, -0.15) is 12.6 Å². The van der Waals surface area contributed by atoms with Gasteiger partial charge >= 0.3 is 22.7 Å². The minimum Gasteiger partial charge on any atom is -0.373 e. The maximum absolute atomic E-state index is 10.4. The van der Waals surface area contributed by atoms with Crippen LogP contribution in [-0.4, -0.2) is 77.2 Å². The van der Waals surface area contributed by atoms with Gasteiger partial charge in [-0.15, -0.1) is 0 Å². The second kappa shape index (κ2) is 21.3. The lowest BCUT2D eigenvalue weighted by Gasteiger charge is -2.39. The maximum atomic E-state index is 10.4. The lowest BCUT2D eigenvalue weighted by Crippen LogP contribution is -2.54. The Balaban J connectivity index is 1.70. The summed E-state index contributed by atoms with van der Waals surface area (Å²) in [7, 11) is -5.45. The largest absolute Gasteiger partial charge is 0.501 e. The average Bonchev–Trinajstić information content (AvgIpc) is 2.91. The third-order valence-electron chi connectivity index (χ3n) is 7.46. The van der Waals surface area contributed by atoms with Crippen molar-refractivity contribution in [2.24, 2.45) is 0 Å². The van der Waals surface area contributed by atoms with E-state index in [-0.39, 0.29) is 18.3 Å². The highest BCUT2D eigenvalue weighted by atomic mass is 32.2. The first kappa shape index (κ1) is 36.8. The van der Waals surface area contributed by atoms with Crippen LogP contribution in [0.1, 0.15) is 118 Å². The third kappa shape index (κ3) is 15.3. The van der Waals surface area contributed by atoms with Gasteiger partial charge in [0.2, 0.25) is 0 Å². The van der Waals surface area contributed by atoms with Gasteiger partial charge in [-0.1, -0.05) is 51.9 Å². The second-order valence-corrected chi connectivity index (χ2v) is 18.4. The van der Waals surface area contributed by atoms with Crippen LogP contribution >= 0.6 is 24.4 Å². The summed E-state index contributed by atoms with van der Waals surface area (Å²) in [4.78, 5) is 10.4. The van der Waals surface area contributed by atoms with Crippen molar-refractivity contribution in [1.29, 1.82) is 0 Å². The zero-order valence-corrected chi connectivity index (χ0v) is 29.5. The molecule has 0 aromatic heterocycles. The smallest absolute Gasteiger partial charge is 0.373 e. The molecular formula is C29H59O7S2Si2+. The molecule has 0 aromatic carbocycles. The molecule has 7 nitrogen and oxygen atoms in total. The molecule has 5 atom stereocenters. The molecule has 0 aliphatic carbocycles. The zero-order chi connectivity index (χ0) is 29.1. The van der Waals surface area contributed by atoms with Crippen molar-refractivity contribution < 1.29 is 31.4 Å². The Hall–Kier alpha value is 0.564. The molecule has 11 heteroatoms. The van der Waals surface area contributed by atoms with Gasteiger partial charge in [0.05, 0.1) is 6.42 Å². The van der Waals surface area contributed by atoms with Crippen LogP contribution in [0.4, 0.5) is 0 Å². The van der Waals surface area contributed by atoms with E-state index in [2.05, 4.69) is 40.3 Å². The quantitative estimate of drug-likeness (QED) is 0.0561. The summed E-state index contributed by atoms with van der Waals surface area (Å²) in [6.45, 7) is 10.4. The lowest BCUT2D eigenvalue weighted by atomic mass is 10.1. The van der Waals surface area contributed by atoms with Gasteiger partial charge in [-0.25, -0.2) is 0 Å². The molecule has 2 aliphatic heterocycles. The summed E-state index contributed by atoms with van der Waals surface area (Å²) >= 11 is 5.95. The third-order valence-corrected chi connectivity index (χ3v) is 15.0. The predicted molar refractivity (Wildman–Crippen MR) is 174 cm³/mol. The van der Waals surface area contributed by atoms with E-state index in [0.29, 0.717) is 24.9 Å². The first-order valence-electron chi connectivity index (χ1n) is 16.1. The molecule has 5 unspecified atom stereocenters. The number of unbranched alkanes of at least 4 members (excludes halogenated alkanes) is 7. The van der Waals surface area contributed by atoms with Crippen LogP contribution in [0.5, 0.6) is 0 Å². The number of thiol groups is 1. The Kier molecular flexibility index (Phi) is 19.6. The van der Waals surface area contributed by atoms with Crippen molar-refractivity contribution in [3.63, 3.8) is 0 Å². The maximum Gasteiger partial charge on any atom is 0.501 e. The summed E-state index contributed by atoms with van der Waals surface area (Å²) in [5.41, 5.74) is 0. The molecule has 0 amide bonds. The van der Waals surface area contributed by atoms with E-state index in [0.717, 1.165) is 68.5 Å². The van der Waals surface area contributed by atoms with Crippen molar-refractivity contribution in [2.75, 3.05) is 31.3 Å². The van der Waals surface area contributed by atoms with Crippen LogP contribution in [0.15, 0.2) is 0 Å². The Morgan fingerprint density at radius 1 is 0.900 bits per heavy atom. The van der Waals surface area contributed by atoms with Crippen molar-refractivity contribution in [1.82, 2.24) is 0 Å². The molecule has 2 saturated heterocycles. The number of carbonyl (C=O) groups excluding carboxylic acids is 1. The van der Waals surface area contributed by atoms with E-state index in [1.165, 1.54) is 44.9 Å². The first-order chi connectivity index (χ1) is 19.3. The highest BCUT2D eigenvalue weighted by molar-refractivity contribution is 8.13. The molecule has 0 spiro atoms. The van der Waals surface area contributed by atoms with Gasteiger partial charge in [0, 0.05) is 56.0 Å². The van der Waals surface area contributed by atoms with Crippen molar-refractivity contribution >= 4 is 47.1 Å². The summed E-state index contributed by atoms with van der Waals surface area (Å²) in [6, 6.07) is 1.57. The Morgan fingerprint density at radius 3 is 2.15 bits per heavy atom. The monoisotopic (exact) mass is 639 g/mol. The fourth-order valence-electron chi connectivity index (χ4n) is 5.09. The molecule has 40 heavy (non-hydrogen) atoms. The molecular weight excluding hydrogens is 581 g/mol. The van der Waals surface area contributed by atoms with E-state index >= 15 is 0 Å². The molecule has 2 fully saturated rings. The molecule has 0 aromatic rings. The highest BCUT2D eigenvalue weighted by Crippen LogP contribution is 2.29. The first-order valence-corrected chi connectivity index (χ1v) is 21.5. The van der Waals surface area contributed by atoms with Gasteiger partial charge in [0.25, 0.3) is 0 Å². The summed E-state index contributed by atoms with van der Waals surface area (Å²) in [5.74, 6) is 1.65. The molecule has 0 radical (unpaired) electrons. The van der Waals surface area contributed by atoms with Crippen molar-refractivity contribution in [3.8, 4) is 0 Å². The minimum atomic E-state index is -2.76. The number of hydrogen-bond donors (Lipinski definition) is 1. The fraction of sp³-hybridized carbons (Fsp3) is 0.966. The van der Waals surface area contributed by atoms with Gasteiger partial charge in [0.1, 0.15) is 0 Å². The van der Waals surface area contributed by atoms with E-state index < -0.39 is 17.6 Å². The summed E-state index contributed by atoms with van der Waals surface area (Å²) in [5, 5.41) is 0.560. The number of thioether (sulfide) groups is 1. The fourth-order valence-corrected chi connectivity index (χ4v) is 12.5. The van der Waals surface area contributed by atoms with Crippen LogP contribution in [-0.2, 0) is 26.6 Å². The van der Waals surface area contributed by atoms with E-state index in [9.17, 15) is 4.79 Å². The molecule has 2 heterocycles. The normalized spacial score (nSPS) is 28.0. The van der Waals surface area contributed by atoms with Crippen LogP contribution in [0.25, 0.3) is 0 Å². The Morgan fingerprint density at radius 2 is 1.50 bits per heavy atom. The summed E-state index contributed by atoms with van der Waals surface area (Å²) < 4.78 is 37.9. The zero-order valence-electron chi connectivity index (χ0n) is 25.8. The minimum absolute atomic E-state index is 0.0395. The van der Waals surface area contributed by atoms with Crippen LogP contribution in [0.2, 0.25) is 12.1 Å². The van der Waals surface area contributed by atoms with E-state index in [1.54, 1.807) is 11.8 Å². The van der Waals surface area contributed by atoms with Crippen molar-refractivity contribution in [3.05, 3.63) is 0 Å². The average molecular weight is 640 g/mol. The lowest BCUT2D eigenvalue weighted by molar-refractivity contribution is -0.0389. The van der Waals surface area contributed by atoms with Gasteiger partial charge in [-0.05, 0) is 76.8 Å². The SMILES string of the molecule is CCCCCCCCCCC(=[OH+])SCCC[Si]1(OCCC(C)O[Si]2(CCCS)OCCC(C)O2)OCCC(C)O1. The Bertz CT molecular complexity index is 680. The van der Waals surface area contributed by atoms with E-state index in [1.807, 2.05) is 0 Å². The summed E-state index contributed by atoms with van der Waals surface area (Å²) in [6.07, 6.45) is 15.7. The van der Waals surface area contributed by atoms with E-state index in [4.69, 9.17) is 26.6 Å². The highest BCUT2D eigenvalue weighted by Gasteiger charge is 2.47. The molecule has 1 N–H and O–H groups in total. The number of rotatable bonds is 22. The molecule has 2 rings (SSSR count). The molecule has 2 aliphatic rings. The van der Waals surface area contributed by atoms with Crippen LogP contribution < -0.4 is 0 Å². The molecule has 0 bridgehead atoms. The predicted octanol–water partition coefficient (Wildman–Crippen LogP) is 7.80.